The van der Waals surface area contributed by atoms with Crippen LogP contribution in [0.4, 0.5) is 5.13 Å². The van der Waals surface area contributed by atoms with Gasteiger partial charge in [0.05, 0.1) is 0 Å². The predicted octanol–water partition coefficient (Wildman–Crippen LogP) is 3.41. The summed E-state index contributed by atoms with van der Waals surface area (Å²) in [5.41, 5.74) is 1.64. The average molecular weight is 300 g/mol. The quantitative estimate of drug-likeness (QED) is 0.806. The summed E-state index contributed by atoms with van der Waals surface area (Å²) in [6, 6.07) is 9.80. The van der Waals surface area contributed by atoms with Gasteiger partial charge in [0.15, 0.2) is 0 Å². The van der Waals surface area contributed by atoms with Gasteiger partial charge in [-0.1, -0.05) is 32.0 Å². The van der Waals surface area contributed by atoms with Gasteiger partial charge in [-0.3, -0.25) is 10.1 Å². The van der Waals surface area contributed by atoms with Crippen LogP contribution in [-0.2, 0) is 7.05 Å². The number of hydrogen-bond donors (Lipinski definition) is 1. The van der Waals surface area contributed by atoms with Gasteiger partial charge in [0.25, 0.3) is 5.91 Å². The average Bonchev–Trinajstić information content (AvgIpc) is 3.05. The van der Waals surface area contributed by atoms with Crippen LogP contribution in [0.3, 0.4) is 0 Å². The van der Waals surface area contributed by atoms with Gasteiger partial charge < -0.3 is 4.57 Å². The highest BCUT2D eigenvalue weighted by Crippen LogP contribution is 2.21. The summed E-state index contributed by atoms with van der Waals surface area (Å²) in [6.45, 7) is 4.05. The number of fused-ring (bicyclic) bond motifs is 1. The standard InChI is InChI=1S/C15H16N4OS/c1-9(2)13-16-15(21-18-13)17-14(20)12-8-10-6-4-5-7-11(10)19(12)3/h4-9H,1-3H3,(H,16,17,18,20). The zero-order valence-electron chi connectivity index (χ0n) is 12.1. The molecule has 0 radical (unpaired) electrons. The Kier molecular flexibility index (Phi) is 3.47. The minimum Gasteiger partial charge on any atom is -0.340 e. The fraction of sp³-hybridized carbons (Fsp3) is 0.267. The molecule has 0 saturated heterocycles. The van der Waals surface area contributed by atoms with Crippen LogP contribution in [0.15, 0.2) is 30.3 Å². The van der Waals surface area contributed by atoms with Gasteiger partial charge in [-0.15, -0.1) is 0 Å². The second kappa shape index (κ2) is 5.29. The molecule has 0 fully saturated rings. The van der Waals surface area contributed by atoms with E-state index in [2.05, 4.69) is 14.7 Å². The first-order chi connectivity index (χ1) is 10.1. The molecular formula is C15H16N4OS. The molecule has 2 aromatic heterocycles. The number of nitrogens with one attached hydrogen (secondary N) is 1. The van der Waals surface area contributed by atoms with E-state index in [0.717, 1.165) is 16.7 Å². The first kappa shape index (κ1) is 13.8. The maximum Gasteiger partial charge on any atom is 0.274 e. The summed E-state index contributed by atoms with van der Waals surface area (Å²) >= 11 is 1.21. The van der Waals surface area contributed by atoms with Crippen LogP contribution in [0.25, 0.3) is 10.9 Å². The summed E-state index contributed by atoms with van der Waals surface area (Å²) in [4.78, 5) is 16.7. The monoisotopic (exact) mass is 300 g/mol. The SMILES string of the molecule is CC(C)c1nsc(NC(=O)c2cc3ccccc3n2C)n1. The Morgan fingerprint density at radius 1 is 1.33 bits per heavy atom. The number of aromatic nitrogens is 3. The van der Waals surface area contributed by atoms with Crippen molar-refractivity contribution >= 4 is 33.5 Å². The fourth-order valence-electron chi connectivity index (χ4n) is 2.19. The highest BCUT2D eigenvalue weighted by Gasteiger charge is 2.15. The van der Waals surface area contributed by atoms with E-state index < -0.39 is 0 Å². The van der Waals surface area contributed by atoms with Crippen molar-refractivity contribution < 1.29 is 4.79 Å². The lowest BCUT2D eigenvalue weighted by molar-refractivity contribution is 0.101. The van der Waals surface area contributed by atoms with Crippen molar-refractivity contribution in [3.05, 3.63) is 41.9 Å². The second-order valence-corrected chi connectivity index (χ2v) is 5.97. The molecule has 108 valence electrons. The number of amides is 1. The number of rotatable bonds is 3. The molecule has 2 heterocycles. The molecular weight excluding hydrogens is 284 g/mol. The van der Waals surface area contributed by atoms with E-state index in [4.69, 9.17) is 0 Å². The molecule has 1 aromatic carbocycles. The zero-order valence-corrected chi connectivity index (χ0v) is 12.9. The minimum atomic E-state index is -0.167. The first-order valence-corrected chi connectivity index (χ1v) is 7.53. The number of hydrogen-bond acceptors (Lipinski definition) is 4. The number of nitrogens with zero attached hydrogens (tertiary/aromatic N) is 3. The molecule has 0 aliphatic heterocycles. The third-order valence-electron chi connectivity index (χ3n) is 3.36. The normalized spacial score (nSPS) is 11.2. The molecule has 3 rings (SSSR count). The molecule has 0 bridgehead atoms. The molecule has 1 N–H and O–H groups in total. The third kappa shape index (κ3) is 2.54. The summed E-state index contributed by atoms with van der Waals surface area (Å²) < 4.78 is 6.12. The largest absolute Gasteiger partial charge is 0.340 e. The van der Waals surface area contributed by atoms with Crippen LogP contribution in [0, 0.1) is 0 Å². The van der Waals surface area contributed by atoms with Gasteiger partial charge in [-0.25, -0.2) is 4.98 Å². The van der Waals surface area contributed by atoms with Crippen molar-refractivity contribution in [2.24, 2.45) is 7.05 Å². The van der Waals surface area contributed by atoms with Crippen LogP contribution >= 0.6 is 11.5 Å². The van der Waals surface area contributed by atoms with Crippen LogP contribution in [0.5, 0.6) is 0 Å². The Morgan fingerprint density at radius 2 is 2.10 bits per heavy atom. The summed E-state index contributed by atoms with van der Waals surface area (Å²) in [5.74, 6) is 0.844. The lowest BCUT2D eigenvalue weighted by Gasteiger charge is -2.03. The first-order valence-electron chi connectivity index (χ1n) is 6.75. The van der Waals surface area contributed by atoms with E-state index in [0.29, 0.717) is 10.8 Å². The molecule has 0 atom stereocenters. The molecule has 5 nitrogen and oxygen atoms in total. The van der Waals surface area contributed by atoms with Gasteiger partial charge in [0.2, 0.25) is 5.13 Å². The highest BCUT2D eigenvalue weighted by molar-refractivity contribution is 7.09. The van der Waals surface area contributed by atoms with Crippen LogP contribution in [0.2, 0.25) is 0 Å². The van der Waals surface area contributed by atoms with E-state index >= 15 is 0 Å². The Balaban J connectivity index is 1.88. The number of benzene rings is 1. The Hall–Kier alpha value is -2.21. The summed E-state index contributed by atoms with van der Waals surface area (Å²) in [7, 11) is 1.89. The molecule has 1 amide bonds. The van der Waals surface area contributed by atoms with Crippen molar-refractivity contribution in [2.45, 2.75) is 19.8 Å². The van der Waals surface area contributed by atoms with E-state index in [1.54, 1.807) is 0 Å². The molecule has 0 unspecified atom stereocenters. The number of carbonyl (C=O) groups is 1. The van der Waals surface area contributed by atoms with Crippen LogP contribution in [-0.4, -0.2) is 19.8 Å². The number of para-hydroxylation sites is 1. The van der Waals surface area contributed by atoms with E-state index in [1.807, 2.05) is 55.8 Å². The molecule has 3 aromatic rings. The lowest BCUT2D eigenvalue weighted by atomic mass is 10.2. The van der Waals surface area contributed by atoms with Crippen molar-refractivity contribution in [3.63, 3.8) is 0 Å². The second-order valence-electron chi connectivity index (χ2n) is 5.21. The van der Waals surface area contributed by atoms with Gasteiger partial charge in [0, 0.05) is 35.4 Å². The van der Waals surface area contributed by atoms with E-state index in [-0.39, 0.29) is 11.8 Å². The van der Waals surface area contributed by atoms with E-state index in [9.17, 15) is 4.79 Å². The Labute approximate surface area is 126 Å². The molecule has 21 heavy (non-hydrogen) atoms. The van der Waals surface area contributed by atoms with E-state index in [1.165, 1.54) is 11.5 Å². The van der Waals surface area contributed by atoms with Crippen molar-refractivity contribution in [1.82, 2.24) is 13.9 Å². The van der Waals surface area contributed by atoms with Gasteiger partial charge in [0.1, 0.15) is 11.5 Å². The maximum absolute atomic E-state index is 12.4. The molecule has 6 heteroatoms. The topological polar surface area (TPSA) is 59.8 Å². The zero-order chi connectivity index (χ0) is 15.0. The molecule has 0 aliphatic carbocycles. The van der Waals surface area contributed by atoms with Gasteiger partial charge >= 0.3 is 0 Å². The number of carbonyl (C=O) groups excluding carboxylic acids is 1. The van der Waals surface area contributed by atoms with Gasteiger partial charge in [-0.05, 0) is 12.1 Å². The summed E-state index contributed by atoms with van der Waals surface area (Å²) in [6.07, 6.45) is 0. The Morgan fingerprint density at radius 3 is 2.76 bits per heavy atom. The minimum absolute atomic E-state index is 0.167. The smallest absolute Gasteiger partial charge is 0.274 e. The third-order valence-corrected chi connectivity index (χ3v) is 4.01. The fourth-order valence-corrected chi connectivity index (χ4v) is 2.89. The summed E-state index contributed by atoms with van der Waals surface area (Å²) in [5, 5.41) is 4.40. The molecule has 0 aliphatic rings. The van der Waals surface area contributed by atoms with Gasteiger partial charge in [-0.2, -0.15) is 4.37 Å². The highest BCUT2D eigenvalue weighted by atomic mass is 32.1. The van der Waals surface area contributed by atoms with Crippen molar-refractivity contribution in [2.75, 3.05) is 5.32 Å². The van der Waals surface area contributed by atoms with Crippen LogP contribution in [0.1, 0.15) is 36.1 Å². The number of aryl methyl sites for hydroxylation is 1. The molecule has 0 saturated carbocycles. The lowest BCUT2D eigenvalue weighted by Crippen LogP contribution is -2.15. The Bertz CT molecular complexity index is 803. The van der Waals surface area contributed by atoms with Crippen LogP contribution < -0.4 is 5.32 Å². The maximum atomic E-state index is 12.4. The predicted molar refractivity (Wildman–Crippen MR) is 84.9 cm³/mol. The van der Waals surface area contributed by atoms with Crippen molar-refractivity contribution in [3.8, 4) is 0 Å². The van der Waals surface area contributed by atoms with Crippen molar-refractivity contribution in [1.29, 1.82) is 0 Å². The molecule has 0 spiro atoms. The number of anilines is 1.